The maximum absolute atomic E-state index is 13.2. The number of ether oxygens (including phenoxy) is 1. The molecule has 0 radical (unpaired) electrons. The summed E-state index contributed by atoms with van der Waals surface area (Å²) < 4.78 is 18.6. The molecular formula is C17H20FN3O3. The van der Waals surface area contributed by atoms with Crippen molar-refractivity contribution in [2.45, 2.75) is 31.2 Å². The second-order valence-electron chi connectivity index (χ2n) is 6.26. The van der Waals surface area contributed by atoms with Crippen LogP contribution in [0.4, 0.5) is 4.39 Å². The first-order chi connectivity index (χ1) is 11.5. The number of halogens is 1. The van der Waals surface area contributed by atoms with Crippen LogP contribution in [0.5, 0.6) is 0 Å². The van der Waals surface area contributed by atoms with Gasteiger partial charge in [0.15, 0.2) is 0 Å². The van der Waals surface area contributed by atoms with E-state index in [1.165, 1.54) is 12.1 Å². The fourth-order valence-electron chi connectivity index (χ4n) is 3.26. The SMILES string of the molecule is NC(=O)CC1(NC(=O)Cc2c[nH]c3cc(F)ccc23)CCOCC1. The molecule has 1 fully saturated rings. The molecule has 0 spiro atoms. The molecule has 2 heterocycles. The van der Waals surface area contributed by atoms with E-state index >= 15 is 0 Å². The Balaban J connectivity index is 1.74. The quantitative estimate of drug-likeness (QED) is 0.771. The number of aromatic amines is 1. The number of fused-ring (bicyclic) bond motifs is 1. The third-order valence-corrected chi connectivity index (χ3v) is 4.45. The fraction of sp³-hybridized carbons (Fsp3) is 0.412. The zero-order chi connectivity index (χ0) is 17.2. The molecule has 1 aromatic carbocycles. The van der Waals surface area contributed by atoms with Gasteiger partial charge in [0.1, 0.15) is 5.82 Å². The highest BCUT2D eigenvalue weighted by molar-refractivity contribution is 5.89. The lowest BCUT2D eigenvalue weighted by Gasteiger charge is -2.37. The van der Waals surface area contributed by atoms with Gasteiger partial charge in [0.05, 0.1) is 12.0 Å². The van der Waals surface area contributed by atoms with E-state index in [4.69, 9.17) is 10.5 Å². The van der Waals surface area contributed by atoms with Crippen LogP contribution in [0.25, 0.3) is 10.9 Å². The van der Waals surface area contributed by atoms with Gasteiger partial charge < -0.3 is 20.8 Å². The molecule has 24 heavy (non-hydrogen) atoms. The van der Waals surface area contributed by atoms with Gasteiger partial charge in [-0.1, -0.05) is 0 Å². The molecule has 0 atom stereocenters. The van der Waals surface area contributed by atoms with Gasteiger partial charge in [0, 0.05) is 36.7 Å². The zero-order valence-corrected chi connectivity index (χ0v) is 13.2. The second-order valence-corrected chi connectivity index (χ2v) is 6.26. The standard InChI is InChI=1S/C17H20FN3O3/c18-12-1-2-13-11(10-20-14(13)8-12)7-16(23)21-17(9-15(19)22)3-5-24-6-4-17/h1-2,8,10,20H,3-7,9H2,(H2,19,22)(H,21,23). The fourth-order valence-corrected chi connectivity index (χ4v) is 3.26. The second kappa shape index (κ2) is 6.60. The van der Waals surface area contributed by atoms with Crippen molar-refractivity contribution >= 4 is 22.7 Å². The molecule has 1 aliphatic rings. The van der Waals surface area contributed by atoms with E-state index in [0.29, 0.717) is 31.6 Å². The molecule has 1 saturated heterocycles. The Kier molecular flexibility index (Phi) is 4.53. The number of benzene rings is 1. The van der Waals surface area contributed by atoms with Crippen LogP contribution in [-0.2, 0) is 20.7 Å². The van der Waals surface area contributed by atoms with E-state index in [-0.39, 0.29) is 24.6 Å². The van der Waals surface area contributed by atoms with Gasteiger partial charge in [-0.2, -0.15) is 0 Å². The Morgan fingerprint density at radius 2 is 2.08 bits per heavy atom. The van der Waals surface area contributed by atoms with Crippen LogP contribution in [0.3, 0.4) is 0 Å². The summed E-state index contributed by atoms with van der Waals surface area (Å²) >= 11 is 0. The van der Waals surface area contributed by atoms with E-state index in [1.54, 1.807) is 12.3 Å². The van der Waals surface area contributed by atoms with Crippen LogP contribution in [0.15, 0.2) is 24.4 Å². The Labute approximate surface area is 138 Å². The molecule has 1 aromatic heterocycles. The van der Waals surface area contributed by atoms with E-state index in [1.807, 2.05) is 0 Å². The summed E-state index contributed by atoms with van der Waals surface area (Å²) in [7, 11) is 0. The average molecular weight is 333 g/mol. The van der Waals surface area contributed by atoms with Crippen molar-refractivity contribution in [3.05, 3.63) is 35.8 Å². The summed E-state index contributed by atoms with van der Waals surface area (Å²) in [6, 6.07) is 4.41. The topological polar surface area (TPSA) is 97.2 Å². The van der Waals surface area contributed by atoms with Gasteiger partial charge in [-0.05, 0) is 36.6 Å². The number of nitrogens with one attached hydrogen (secondary N) is 2. The summed E-state index contributed by atoms with van der Waals surface area (Å²) in [5, 5.41) is 3.78. The lowest BCUT2D eigenvalue weighted by molar-refractivity contribution is -0.126. The number of primary amides is 1. The monoisotopic (exact) mass is 333 g/mol. The smallest absolute Gasteiger partial charge is 0.224 e. The van der Waals surface area contributed by atoms with E-state index in [9.17, 15) is 14.0 Å². The lowest BCUT2D eigenvalue weighted by Crippen LogP contribution is -2.54. The maximum atomic E-state index is 13.2. The van der Waals surface area contributed by atoms with Crippen molar-refractivity contribution < 1.29 is 18.7 Å². The van der Waals surface area contributed by atoms with Gasteiger partial charge in [0.2, 0.25) is 11.8 Å². The van der Waals surface area contributed by atoms with Gasteiger partial charge in [-0.3, -0.25) is 9.59 Å². The minimum absolute atomic E-state index is 0.0984. The van der Waals surface area contributed by atoms with Crippen molar-refractivity contribution in [2.24, 2.45) is 5.73 Å². The molecule has 128 valence electrons. The Hall–Kier alpha value is -2.41. The molecule has 0 saturated carbocycles. The van der Waals surface area contributed by atoms with E-state index < -0.39 is 11.4 Å². The average Bonchev–Trinajstić information content (AvgIpc) is 2.89. The van der Waals surface area contributed by atoms with Crippen LogP contribution in [0, 0.1) is 5.82 Å². The summed E-state index contributed by atoms with van der Waals surface area (Å²) in [5.74, 6) is -0.967. The van der Waals surface area contributed by atoms with Crippen molar-refractivity contribution in [1.29, 1.82) is 0 Å². The van der Waals surface area contributed by atoms with Gasteiger partial charge in [-0.15, -0.1) is 0 Å². The number of aromatic nitrogens is 1. The van der Waals surface area contributed by atoms with E-state index in [0.717, 1.165) is 10.9 Å². The van der Waals surface area contributed by atoms with Gasteiger partial charge in [-0.25, -0.2) is 4.39 Å². The molecule has 0 bridgehead atoms. The molecule has 2 aromatic rings. The predicted molar refractivity (Wildman–Crippen MR) is 86.7 cm³/mol. The predicted octanol–water partition coefficient (Wildman–Crippen LogP) is 1.39. The number of amides is 2. The molecule has 1 aliphatic heterocycles. The van der Waals surface area contributed by atoms with Crippen molar-refractivity contribution in [1.82, 2.24) is 10.3 Å². The number of rotatable bonds is 5. The number of H-pyrrole nitrogens is 1. The number of hydrogen-bond donors (Lipinski definition) is 3. The summed E-state index contributed by atoms with van der Waals surface area (Å²) in [6.45, 7) is 0.972. The third kappa shape index (κ3) is 3.56. The van der Waals surface area contributed by atoms with Crippen molar-refractivity contribution in [2.75, 3.05) is 13.2 Å². The van der Waals surface area contributed by atoms with Crippen LogP contribution in [0.2, 0.25) is 0 Å². The highest BCUT2D eigenvalue weighted by Gasteiger charge is 2.35. The minimum atomic E-state index is -0.639. The molecule has 2 amide bonds. The highest BCUT2D eigenvalue weighted by Crippen LogP contribution is 2.25. The Bertz CT molecular complexity index is 766. The number of nitrogens with two attached hydrogens (primary N) is 1. The van der Waals surface area contributed by atoms with Crippen molar-refractivity contribution in [3.8, 4) is 0 Å². The van der Waals surface area contributed by atoms with Crippen LogP contribution < -0.4 is 11.1 Å². The zero-order valence-electron chi connectivity index (χ0n) is 13.2. The first-order valence-electron chi connectivity index (χ1n) is 7.90. The number of carbonyl (C=O) groups is 2. The van der Waals surface area contributed by atoms with Crippen LogP contribution in [0.1, 0.15) is 24.8 Å². The molecule has 0 aliphatic carbocycles. The largest absolute Gasteiger partial charge is 0.381 e. The minimum Gasteiger partial charge on any atom is -0.381 e. The summed E-state index contributed by atoms with van der Waals surface area (Å²) in [6.07, 6.45) is 3.06. The lowest BCUT2D eigenvalue weighted by atomic mass is 9.86. The van der Waals surface area contributed by atoms with Crippen LogP contribution in [-0.4, -0.2) is 35.6 Å². The number of carbonyl (C=O) groups excluding carboxylic acids is 2. The summed E-state index contributed by atoms with van der Waals surface area (Å²) in [4.78, 5) is 26.8. The van der Waals surface area contributed by atoms with Crippen molar-refractivity contribution in [3.63, 3.8) is 0 Å². The highest BCUT2D eigenvalue weighted by atomic mass is 19.1. The molecule has 3 rings (SSSR count). The van der Waals surface area contributed by atoms with Gasteiger partial charge >= 0.3 is 0 Å². The van der Waals surface area contributed by atoms with Gasteiger partial charge in [0.25, 0.3) is 0 Å². The third-order valence-electron chi connectivity index (χ3n) is 4.45. The molecule has 7 heteroatoms. The normalized spacial score (nSPS) is 16.9. The Morgan fingerprint density at radius 1 is 1.33 bits per heavy atom. The molecular weight excluding hydrogens is 313 g/mol. The first kappa shape index (κ1) is 16.4. The molecule has 6 nitrogen and oxygen atoms in total. The van der Waals surface area contributed by atoms with Crippen LogP contribution >= 0.6 is 0 Å². The maximum Gasteiger partial charge on any atom is 0.224 e. The molecule has 4 N–H and O–H groups in total. The molecule has 0 unspecified atom stereocenters. The first-order valence-corrected chi connectivity index (χ1v) is 7.90. The van der Waals surface area contributed by atoms with E-state index in [2.05, 4.69) is 10.3 Å². The number of hydrogen-bond acceptors (Lipinski definition) is 3. The summed E-state index contributed by atoms with van der Waals surface area (Å²) in [5.41, 5.74) is 6.13. The Morgan fingerprint density at radius 3 is 2.79 bits per heavy atom.